The van der Waals surface area contributed by atoms with Crippen LogP contribution in [-0.4, -0.2) is 10.9 Å². The molecule has 5 heteroatoms. The number of nitrogens with zero attached hydrogens (tertiary/aromatic N) is 2. The van der Waals surface area contributed by atoms with Crippen molar-refractivity contribution in [2.75, 3.05) is 5.32 Å². The van der Waals surface area contributed by atoms with Crippen molar-refractivity contribution in [1.82, 2.24) is 4.98 Å². The minimum atomic E-state index is -0.857. The second-order valence-electron chi connectivity index (χ2n) is 3.74. The number of anilines is 1. The molecule has 1 aromatic heterocycles. The lowest BCUT2D eigenvalue weighted by atomic mass is 10.1. The third kappa shape index (κ3) is 2.73. The lowest BCUT2D eigenvalue weighted by Crippen LogP contribution is -2.19. The fourth-order valence-corrected chi connectivity index (χ4v) is 2.30. The molecule has 1 atom stereocenters. The summed E-state index contributed by atoms with van der Waals surface area (Å²) in [7, 11) is 0. The van der Waals surface area contributed by atoms with Crippen LogP contribution in [0.4, 0.5) is 5.69 Å². The zero-order valence-corrected chi connectivity index (χ0v) is 10.6. The van der Waals surface area contributed by atoms with Gasteiger partial charge in [0, 0.05) is 16.8 Å². The summed E-state index contributed by atoms with van der Waals surface area (Å²) < 4.78 is 0. The Kier molecular flexibility index (Phi) is 3.70. The lowest BCUT2D eigenvalue weighted by Gasteiger charge is -2.07. The molecule has 0 bridgehead atoms. The first-order valence-electron chi connectivity index (χ1n) is 5.38. The van der Waals surface area contributed by atoms with Crippen molar-refractivity contribution in [3.8, 4) is 6.07 Å². The minimum absolute atomic E-state index is 0.349. The molecule has 1 N–H and O–H groups in total. The summed E-state index contributed by atoms with van der Waals surface area (Å²) in [6.45, 7) is 1.84. The van der Waals surface area contributed by atoms with Crippen LogP contribution in [0, 0.1) is 18.3 Å². The number of carbonyl (C=O) groups excluding carboxylic acids is 1. The van der Waals surface area contributed by atoms with Crippen LogP contribution < -0.4 is 5.32 Å². The van der Waals surface area contributed by atoms with Crippen LogP contribution >= 0.6 is 11.3 Å². The maximum absolute atomic E-state index is 12.0. The maximum atomic E-state index is 12.0. The largest absolute Gasteiger partial charge is 0.325 e. The Labute approximate surface area is 109 Å². The number of benzene rings is 1. The summed E-state index contributed by atoms with van der Waals surface area (Å²) in [4.78, 5) is 16.2. The van der Waals surface area contributed by atoms with E-state index in [4.69, 9.17) is 5.26 Å². The Morgan fingerprint density at radius 1 is 1.44 bits per heavy atom. The molecular weight excluding hydrogens is 246 g/mol. The fraction of sp³-hybridized carbons (Fsp3) is 0.154. The van der Waals surface area contributed by atoms with Crippen LogP contribution in [0.2, 0.25) is 0 Å². The minimum Gasteiger partial charge on any atom is -0.325 e. The molecule has 1 heterocycles. The predicted octanol–water partition coefficient (Wildman–Crippen LogP) is 2.70. The summed E-state index contributed by atoms with van der Waals surface area (Å²) in [6, 6.07) is 11.1. The van der Waals surface area contributed by atoms with Crippen LogP contribution in [0.1, 0.15) is 16.6 Å². The van der Waals surface area contributed by atoms with Gasteiger partial charge in [-0.25, -0.2) is 4.98 Å². The number of aromatic nitrogens is 1. The Morgan fingerprint density at radius 3 is 2.72 bits per heavy atom. The van der Waals surface area contributed by atoms with Crippen molar-refractivity contribution in [1.29, 1.82) is 5.26 Å². The second-order valence-corrected chi connectivity index (χ2v) is 4.63. The number of rotatable bonds is 3. The van der Waals surface area contributed by atoms with E-state index >= 15 is 0 Å². The molecule has 1 aromatic carbocycles. The van der Waals surface area contributed by atoms with Crippen molar-refractivity contribution < 1.29 is 4.79 Å². The summed E-state index contributed by atoms with van der Waals surface area (Å²) in [5.74, 6) is -1.21. The van der Waals surface area contributed by atoms with Gasteiger partial charge in [0.2, 0.25) is 5.91 Å². The van der Waals surface area contributed by atoms with Crippen molar-refractivity contribution in [2.24, 2.45) is 0 Å². The molecule has 0 aliphatic carbocycles. The highest BCUT2D eigenvalue weighted by atomic mass is 32.1. The first-order valence-corrected chi connectivity index (χ1v) is 6.26. The third-order valence-electron chi connectivity index (χ3n) is 2.32. The zero-order valence-electron chi connectivity index (χ0n) is 9.75. The monoisotopic (exact) mass is 257 g/mol. The van der Waals surface area contributed by atoms with E-state index < -0.39 is 5.92 Å². The number of para-hydroxylation sites is 1. The van der Waals surface area contributed by atoms with Crippen molar-refractivity contribution in [2.45, 2.75) is 12.8 Å². The maximum Gasteiger partial charge on any atom is 0.248 e. The number of nitriles is 1. The molecular formula is C13H11N3OS. The van der Waals surface area contributed by atoms with E-state index in [1.54, 1.807) is 12.1 Å². The smallest absolute Gasteiger partial charge is 0.248 e. The van der Waals surface area contributed by atoms with E-state index in [9.17, 15) is 4.79 Å². The fourth-order valence-electron chi connectivity index (χ4n) is 1.47. The lowest BCUT2D eigenvalue weighted by molar-refractivity contribution is -0.116. The van der Waals surface area contributed by atoms with Gasteiger partial charge in [0.1, 0.15) is 5.01 Å². The standard InChI is InChI=1S/C13H11N3OS/c1-9-8-18-13(15-9)11(7-14)12(17)16-10-5-3-2-4-6-10/h2-6,8,11H,1H3,(H,16,17). The molecule has 4 nitrogen and oxygen atoms in total. The normalized spacial score (nSPS) is 11.6. The van der Waals surface area contributed by atoms with E-state index in [1.165, 1.54) is 11.3 Å². The molecule has 0 saturated heterocycles. The van der Waals surface area contributed by atoms with Crippen molar-refractivity contribution in [3.05, 3.63) is 46.4 Å². The molecule has 0 aliphatic rings. The van der Waals surface area contributed by atoms with E-state index in [-0.39, 0.29) is 5.91 Å². The molecule has 0 spiro atoms. The molecule has 0 aliphatic heterocycles. The van der Waals surface area contributed by atoms with Gasteiger partial charge in [-0.1, -0.05) is 18.2 Å². The number of carbonyl (C=O) groups is 1. The number of hydrogen-bond donors (Lipinski definition) is 1. The summed E-state index contributed by atoms with van der Waals surface area (Å²) in [5, 5.41) is 14.2. The van der Waals surface area contributed by atoms with E-state index in [0.29, 0.717) is 10.7 Å². The molecule has 0 saturated carbocycles. The van der Waals surface area contributed by atoms with Crippen molar-refractivity contribution >= 4 is 22.9 Å². The van der Waals surface area contributed by atoms with Crippen LogP contribution in [0.15, 0.2) is 35.7 Å². The van der Waals surface area contributed by atoms with Gasteiger partial charge < -0.3 is 5.32 Å². The molecule has 1 unspecified atom stereocenters. The first-order chi connectivity index (χ1) is 8.70. The quantitative estimate of drug-likeness (QED) is 0.919. The number of hydrogen-bond acceptors (Lipinski definition) is 4. The van der Waals surface area contributed by atoms with Gasteiger partial charge in [-0.15, -0.1) is 11.3 Å². The Hall–Kier alpha value is -2.19. The van der Waals surface area contributed by atoms with Crippen molar-refractivity contribution in [3.63, 3.8) is 0 Å². The van der Waals surface area contributed by atoms with Gasteiger partial charge in [0.25, 0.3) is 0 Å². The van der Waals surface area contributed by atoms with Crippen LogP contribution in [0.3, 0.4) is 0 Å². The second kappa shape index (κ2) is 5.43. The number of nitrogens with one attached hydrogen (secondary N) is 1. The van der Waals surface area contributed by atoms with Gasteiger partial charge in [0.05, 0.1) is 6.07 Å². The summed E-state index contributed by atoms with van der Waals surface area (Å²) >= 11 is 1.33. The van der Waals surface area contributed by atoms with E-state index in [0.717, 1.165) is 5.69 Å². The highest BCUT2D eigenvalue weighted by molar-refractivity contribution is 7.09. The highest BCUT2D eigenvalue weighted by Crippen LogP contribution is 2.21. The van der Waals surface area contributed by atoms with Crippen LogP contribution in [0.5, 0.6) is 0 Å². The van der Waals surface area contributed by atoms with Gasteiger partial charge in [-0.05, 0) is 19.1 Å². The Morgan fingerprint density at radius 2 is 2.17 bits per heavy atom. The number of aryl methyl sites for hydroxylation is 1. The molecule has 2 rings (SSSR count). The topological polar surface area (TPSA) is 65.8 Å². The summed E-state index contributed by atoms with van der Waals surface area (Å²) in [5.41, 5.74) is 1.50. The number of amides is 1. The molecule has 2 aromatic rings. The van der Waals surface area contributed by atoms with Crippen LogP contribution in [0.25, 0.3) is 0 Å². The van der Waals surface area contributed by atoms with Gasteiger partial charge in [-0.3, -0.25) is 4.79 Å². The average Bonchev–Trinajstić information content (AvgIpc) is 2.78. The molecule has 1 amide bonds. The average molecular weight is 257 g/mol. The molecule has 90 valence electrons. The first kappa shape index (κ1) is 12.3. The SMILES string of the molecule is Cc1csc(C(C#N)C(=O)Nc2ccccc2)n1. The van der Waals surface area contributed by atoms with E-state index in [1.807, 2.05) is 36.6 Å². The Bertz CT molecular complexity index is 586. The van der Waals surface area contributed by atoms with Gasteiger partial charge in [0.15, 0.2) is 5.92 Å². The van der Waals surface area contributed by atoms with Crippen LogP contribution in [-0.2, 0) is 4.79 Å². The predicted molar refractivity (Wildman–Crippen MR) is 70.3 cm³/mol. The third-order valence-corrected chi connectivity index (χ3v) is 3.34. The molecule has 0 fully saturated rings. The van der Waals surface area contributed by atoms with Gasteiger partial charge >= 0.3 is 0 Å². The summed E-state index contributed by atoms with van der Waals surface area (Å²) in [6.07, 6.45) is 0. The highest BCUT2D eigenvalue weighted by Gasteiger charge is 2.23. The molecule has 0 radical (unpaired) electrons. The van der Waals surface area contributed by atoms with Gasteiger partial charge in [-0.2, -0.15) is 5.26 Å². The zero-order chi connectivity index (χ0) is 13.0. The number of thiazole rings is 1. The molecule has 18 heavy (non-hydrogen) atoms. The van der Waals surface area contributed by atoms with E-state index in [2.05, 4.69) is 10.3 Å². The Balaban J connectivity index is 2.15.